The van der Waals surface area contributed by atoms with Gasteiger partial charge in [0.05, 0.1) is 5.69 Å². The minimum atomic E-state index is -0.971. The predicted octanol–water partition coefficient (Wildman–Crippen LogP) is 3.85. The lowest BCUT2D eigenvalue weighted by Gasteiger charge is -2.33. The molecule has 1 aromatic carbocycles. The Morgan fingerprint density at radius 2 is 1.87 bits per heavy atom. The van der Waals surface area contributed by atoms with Gasteiger partial charge in [-0.3, -0.25) is 19.5 Å². The van der Waals surface area contributed by atoms with Gasteiger partial charge in [-0.15, -0.1) is 5.10 Å². The number of aryl methyl sites for hydroxylation is 2. The van der Waals surface area contributed by atoms with E-state index >= 15 is 0 Å². The highest BCUT2D eigenvalue weighted by atomic mass is 32.1. The molecule has 1 N–H and O–H groups in total. The van der Waals surface area contributed by atoms with Gasteiger partial charge in [-0.05, 0) is 81.5 Å². The van der Waals surface area contributed by atoms with E-state index in [1.54, 1.807) is 29.8 Å². The van der Waals surface area contributed by atoms with Crippen molar-refractivity contribution in [2.24, 2.45) is 0 Å². The van der Waals surface area contributed by atoms with Gasteiger partial charge in [0.1, 0.15) is 0 Å². The summed E-state index contributed by atoms with van der Waals surface area (Å²) in [5, 5.41) is 8.50. The second-order valence-corrected chi connectivity index (χ2v) is 8.74. The van der Waals surface area contributed by atoms with Crippen LogP contribution in [0.2, 0.25) is 0 Å². The zero-order valence-corrected chi connectivity index (χ0v) is 18.5. The maximum Gasteiger partial charge on any atom is 0.280 e. The van der Waals surface area contributed by atoms with Gasteiger partial charge >= 0.3 is 0 Å². The Morgan fingerprint density at radius 1 is 1.10 bits per heavy atom. The number of nitrogens with one attached hydrogen (secondary N) is 1. The van der Waals surface area contributed by atoms with Crippen molar-refractivity contribution in [3.63, 3.8) is 0 Å². The molecule has 0 saturated carbocycles. The van der Waals surface area contributed by atoms with E-state index in [0.29, 0.717) is 11.4 Å². The van der Waals surface area contributed by atoms with Gasteiger partial charge in [-0.1, -0.05) is 16.6 Å². The smallest absolute Gasteiger partial charge is 0.280 e. The number of carbonyl (C=O) groups is 2. The number of nitrogens with zero attached hydrogens (tertiary/aromatic N) is 4. The van der Waals surface area contributed by atoms with Crippen molar-refractivity contribution in [1.29, 1.82) is 0 Å². The number of pyridine rings is 1. The van der Waals surface area contributed by atoms with Crippen molar-refractivity contribution in [2.75, 3.05) is 4.90 Å². The molecule has 0 radical (unpaired) electrons. The van der Waals surface area contributed by atoms with Crippen molar-refractivity contribution in [3.05, 3.63) is 70.5 Å². The molecular weight excluding hydrogens is 398 g/mol. The standard InChI is InChI=1S/C22H25N5O2S/c1-14-9-10-16(12-15(14)2)27(21(29)18-13-30-26-25-18)19(17-8-6-7-11-23-17)20(28)24-22(3,4)5/h6-13,19H,1-5H3,(H,24,28). The summed E-state index contributed by atoms with van der Waals surface area (Å²) in [5.41, 5.74) is 2.87. The van der Waals surface area contributed by atoms with Crippen molar-refractivity contribution >= 4 is 29.0 Å². The Morgan fingerprint density at radius 3 is 2.43 bits per heavy atom. The fourth-order valence-electron chi connectivity index (χ4n) is 3.00. The molecular formula is C22H25N5O2S. The quantitative estimate of drug-likeness (QED) is 0.673. The fraction of sp³-hybridized carbons (Fsp3) is 0.318. The van der Waals surface area contributed by atoms with Crippen LogP contribution in [0, 0.1) is 13.8 Å². The largest absolute Gasteiger partial charge is 0.349 e. The molecule has 1 unspecified atom stereocenters. The third kappa shape index (κ3) is 4.88. The monoisotopic (exact) mass is 423 g/mol. The molecule has 0 saturated heterocycles. The van der Waals surface area contributed by atoms with Gasteiger partial charge in [0.25, 0.3) is 5.91 Å². The van der Waals surface area contributed by atoms with Crippen molar-refractivity contribution in [3.8, 4) is 0 Å². The molecule has 2 amide bonds. The predicted molar refractivity (Wildman–Crippen MR) is 118 cm³/mol. The van der Waals surface area contributed by atoms with E-state index in [9.17, 15) is 9.59 Å². The number of aromatic nitrogens is 3. The summed E-state index contributed by atoms with van der Waals surface area (Å²) >= 11 is 1.09. The van der Waals surface area contributed by atoms with Crippen LogP contribution in [-0.2, 0) is 4.79 Å². The summed E-state index contributed by atoms with van der Waals surface area (Å²) in [5.74, 6) is -0.734. The molecule has 2 aromatic heterocycles. The van der Waals surface area contributed by atoms with Crippen molar-refractivity contribution < 1.29 is 9.59 Å². The summed E-state index contributed by atoms with van der Waals surface area (Å²) in [6.45, 7) is 9.65. The topological polar surface area (TPSA) is 88.1 Å². The molecule has 0 bridgehead atoms. The van der Waals surface area contributed by atoms with E-state index in [4.69, 9.17) is 0 Å². The van der Waals surface area contributed by atoms with Crippen LogP contribution in [0.25, 0.3) is 0 Å². The molecule has 1 atom stereocenters. The summed E-state index contributed by atoms with van der Waals surface area (Å²) in [7, 11) is 0. The summed E-state index contributed by atoms with van der Waals surface area (Å²) in [6.07, 6.45) is 1.61. The number of hydrogen-bond acceptors (Lipinski definition) is 6. The lowest BCUT2D eigenvalue weighted by molar-refractivity contribution is -0.124. The Labute approximate surface area is 180 Å². The molecule has 0 aliphatic carbocycles. The molecule has 0 fully saturated rings. The number of hydrogen-bond donors (Lipinski definition) is 1. The van der Waals surface area contributed by atoms with Crippen LogP contribution in [0.5, 0.6) is 0 Å². The van der Waals surface area contributed by atoms with Crippen LogP contribution in [0.3, 0.4) is 0 Å². The average Bonchev–Trinajstić information content (AvgIpc) is 3.22. The zero-order chi connectivity index (χ0) is 21.9. The first-order chi connectivity index (χ1) is 14.2. The van der Waals surface area contributed by atoms with Gasteiger partial charge in [-0.2, -0.15) is 0 Å². The SMILES string of the molecule is Cc1ccc(N(C(=O)c2csnn2)C(C(=O)NC(C)(C)C)c2ccccn2)cc1C. The molecule has 3 rings (SSSR count). The number of benzene rings is 1. The van der Waals surface area contributed by atoms with Gasteiger partial charge in [0, 0.05) is 22.8 Å². The van der Waals surface area contributed by atoms with Gasteiger partial charge in [0.15, 0.2) is 11.7 Å². The van der Waals surface area contributed by atoms with Crippen molar-refractivity contribution in [2.45, 2.75) is 46.2 Å². The van der Waals surface area contributed by atoms with Crippen LogP contribution in [-0.4, -0.2) is 31.9 Å². The van der Waals surface area contributed by atoms with E-state index in [-0.39, 0.29) is 11.6 Å². The third-order valence-corrected chi connectivity index (χ3v) is 5.04. The molecule has 0 aliphatic heterocycles. The molecule has 8 heteroatoms. The summed E-state index contributed by atoms with van der Waals surface area (Å²) < 4.78 is 3.82. The molecule has 30 heavy (non-hydrogen) atoms. The highest BCUT2D eigenvalue weighted by molar-refractivity contribution is 7.03. The first kappa shape index (κ1) is 21.6. The maximum absolute atomic E-state index is 13.5. The molecule has 2 heterocycles. The minimum Gasteiger partial charge on any atom is -0.349 e. The molecule has 0 spiro atoms. The minimum absolute atomic E-state index is 0.183. The van der Waals surface area contributed by atoms with Crippen molar-refractivity contribution in [1.82, 2.24) is 19.9 Å². The lowest BCUT2D eigenvalue weighted by Crippen LogP contribution is -2.49. The molecule has 7 nitrogen and oxygen atoms in total. The first-order valence-electron chi connectivity index (χ1n) is 9.58. The molecule has 0 aliphatic rings. The Hall–Kier alpha value is -3.13. The Bertz CT molecular complexity index is 1030. The second-order valence-electron chi connectivity index (χ2n) is 8.13. The highest BCUT2D eigenvalue weighted by Crippen LogP contribution is 2.30. The van der Waals surface area contributed by atoms with E-state index in [0.717, 1.165) is 22.7 Å². The maximum atomic E-state index is 13.5. The fourth-order valence-corrected chi connectivity index (χ4v) is 3.43. The van der Waals surface area contributed by atoms with E-state index in [1.807, 2.05) is 52.8 Å². The van der Waals surface area contributed by atoms with Crippen LogP contribution in [0.4, 0.5) is 5.69 Å². The number of carbonyl (C=O) groups excluding carboxylic acids is 2. The van der Waals surface area contributed by atoms with Gasteiger partial charge in [-0.25, -0.2) is 0 Å². The third-order valence-electron chi connectivity index (χ3n) is 4.54. The molecule has 3 aromatic rings. The van der Waals surface area contributed by atoms with E-state index in [2.05, 4.69) is 19.9 Å². The first-order valence-corrected chi connectivity index (χ1v) is 10.4. The zero-order valence-electron chi connectivity index (χ0n) is 17.7. The number of anilines is 1. The average molecular weight is 424 g/mol. The van der Waals surface area contributed by atoms with Crippen LogP contribution >= 0.6 is 11.5 Å². The Balaban J connectivity index is 2.18. The van der Waals surface area contributed by atoms with Gasteiger partial charge < -0.3 is 5.32 Å². The van der Waals surface area contributed by atoms with E-state index < -0.39 is 17.5 Å². The van der Waals surface area contributed by atoms with Crippen LogP contribution in [0.15, 0.2) is 48.0 Å². The van der Waals surface area contributed by atoms with Crippen LogP contribution < -0.4 is 10.2 Å². The second kappa shape index (κ2) is 8.71. The number of rotatable bonds is 5. The van der Waals surface area contributed by atoms with Gasteiger partial charge in [0.2, 0.25) is 5.91 Å². The molecule has 156 valence electrons. The van der Waals surface area contributed by atoms with Crippen LogP contribution in [0.1, 0.15) is 54.1 Å². The normalized spacial score (nSPS) is 12.3. The summed E-state index contributed by atoms with van der Waals surface area (Å²) in [6, 6.07) is 10.0. The lowest BCUT2D eigenvalue weighted by atomic mass is 10.0. The summed E-state index contributed by atoms with van der Waals surface area (Å²) in [4.78, 5) is 32.8. The number of amides is 2. The van der Waals surface area contributed by atoms with E-state index in [1.165, 1.54) is 4.90 Å². The Kier molecular flexibility index (Phi) is 6.26. The highest BCUT2D eigenvalue weighted by Gasteiger charge is 2.36.